The normalized spacial score (nSPS) is 8.62. The third kappa shape index (κ3) is 6.02. The number of halogens is 1. The van der Waals surface area contributed by atoms with Crippen LogP contribution < -0.4 is 5.73 Å². The lowest BCUT2D eigenvalue weighted by molar-refractivity contribution is 1.45. The molecule has 0 aliphatic carbocycles. The zero-order chi connectivity index (χ0) is 16.3. The van der Waals surface area contributed by atoms with Crippen molar-refractivity contribution in [2.24, 2.45) is 5.73 Å². The minimum atomic E-state index is 0.240. The van der Waals surface area contributed by atoms with Gasteiger partial charge in [0, 0.05) is 15.6 Å². The second-order valence-electron chi connectivity index (χ2n) is 3.62. The molecular weight excluding hydrogens is 326 g/mol. The summed E-state index contributed by atoms with van der Waals surface area (Å²) in [6.45, 7) is 4.00. The molecule has 0 heterocycles. The zero-order valence-corrected chi connectivity index (χ0v) is 14.2. The van der Waals surface area contributed by atoms with E-state index < -0.39 is 0 Å². The standard InChI is InChI=1S/C14H11BrN2.C2H6.CH5N/c15-12-8-6-11(7-9-12)14(17)13(16)10-4-2-1-3-5-10;2*1-2/h1-9,16-17H;1-2H3;2H2,1H3. The van der Waals surface area contributed by atoms with Gasteiger partial charge in [-0.3, -0.25) is 10.8 Å². The summed E-state index contributed by atoms with van der Waals surface area (Å²) >= 11 is 3.35. The van der Waals surface area contributed by atoms with Crippen molar-refractivity contribution in [3.63, 3.8) is 0 Å². The quantitative estimate of drug-likeness (QED) is 0.703. The Morgan fingerprint density at radius 1 is 0.762 bits per heavy atom. The maximum absolute atomic E-state index is 8.00. The lowest BCUT2D eigenvalue weighted by atomic mass is 10.0. The molecule has 0 fully saturated rings. The van der Waals surface area contributed by atoms with Crippen molar-refractivity contribution in [2.45, 2.75) is 13.8 Å². The summed E-state index contributed by atoms with van der Waals surface area (Å²) in [6.07, 6.45) is 0. The molecule has 0 aliphatic heterocycles. The molecule has 2 aromatic carbocycles. The minimum Gasteiger partial charge on any atom is -0.333 e. The summed E-state index contributed by atoms with van der Waals surface area (Å²) in [5, 5.41) is 16.0. The molecule has 2 aromatic rings. The molecule has 0 bridgehead atoms. The average Bonchev–Trinajstić information content (AvgIpc) is 2.58. The van der Waals surface area contributed by atoms with E-state index in [0.717, 1.165) is 15.6 Å². The summed E-state index contributed by atoms with van der Waals surface area (Å²) in [5.41, 5.74) is 6.50. The van der Waals surface area contributed by atoms with E-state index in [2.05, 4.69) is 21.7 Å². The fraction of sp³-hybridized carbons (Fsp3) is 0.176. The monoisotopic (exact) mass is 347 g/mol. The minimum absolute atomic E-state index is 0.240. The molecule has 0 radical (unpaired) electrons. The molecule has 0 aromatic heterocycles. The molecular formula is C17H22BrN3. The Bertz CT molecular complexity index is 548. The highest BCUT2D eigenvalue weighted by molar-refractivity contribution is 9.10. The zero-order valence-electron chi connectivity index (χ0n) is 12.7. The van der Waals surface area contributed by atoms with Crippen LogP contribution in [0.25, 0.3) is 0 Å². The van der Waals surface area contributed by atoms with Crippen LogP contribution in [0.15, 0.2) is 59.1 Å². The molecule has 0 atom stereocenters. The van der Waals surface area contributed by atoms with Gasteiger partial charge in [-0.05, 0) is 19.2 Å². The number of hydrogen-bond donors (Lipinski definition) is 3. The summed E-state index contributed by atoms with van der Waals surface area (Å²) in [6, 6.07) is 16.8. The van der Waals surface area contributed by atoms with Crippen molar-refractivity contribution >= 4 is 27.4 Å². The van der Waals surface area contributed by atoms with Crippen molar-refractivity contribution in [3.05, 3.63) is 70.2 Å². The molecule has 0 unspecified atom stereocenters. The van der Waals surface area contributed by atoms with E-state index in [1.165, 1.54) is 7.05 Å². The van der Waals surface area contributed by atoms with Crippen LogP contribution in [0.5, 0.6) is 0 Å². The molecule has 2 rings (SSSR count). The lowest BCUT2D eigenvalue weighted by Crippen LogP contribution is -2.14. The smallest absolute Gasteiger partial charge is 0.0867 e. The van der Waals surface area contributed by atoms with Gasteiger partial charge in [-0.2, -0.15) is 0 Å². The first-order chi connectivity index (χ1) is 10.2. The first-order valence-electron chi connectivity index (χ1n) is 6.75. The highest BCUT2D eigenvalue weighted by Gasteiger charge is 2.09. The van der Waals surface area contributed by atoms with E-state index in [0.29, 0.717) is 0 Å². The number of benzene rings is 2. The second-order valence-corrected chi connectivity index (χ2v) is 4.54. The Kier molecular flexibility index (Phi) is 10.0. The Balaban J connectivity index is 0.000000921. The third-order valence-corrected chi connectivity index (χ3v) is 2.97. The SMILES string of the molecule is CC.CN.N=C(C(=N)c1ccc(Br)cc1)c1ccccc1. The van der Waals surface area contributed by atoms with Gasteiger partial charge in [0.25, 0.3) is 0 Å². The van der Waals surface area contributed by atoms with E-state index in [1.54, 1.807) is 0 Å². The van der Waals surface area contributed by atoms with Gasteiger partial charge in [0.05, 0.1) is 11.4 Å². The van der Waals surface area contributed by atoms with E-state index >= 15 is 0 Å². The van der Waals surface area contributed by atoms with Crippen molar-refractivity contribution < 1.29 is 0 Å². The molecule has 21 heavy (non-hydrogen) atoms. The number of nitrogens with two attached hydrogens (primary N) is 1. The summed E-state index contributed by atoms with van der Waals surface area (Å²) in [7, 11) is 1.50. The summed E-state index contributed by atoms with van der Waals surface area (Å²) in [4.78, 5) is 0. The van der Waals surface area contributed by atoms with Gasteiger partial charge < -0.3 is 5.73 Å². The van der Waals surface area contributed by atoms with Crippen molar-refractivity contribution in [1.29, 1.82) is 10.8 Å². The van der Waals surface area contributed by atoms with Gasteiger partial charge in [-0.15, -0.1) is 0 Å². The van der Waals surface area contributed by atoms with Gasteiger partial charge >= 0.3 is 0 Å². The first kappa shape index (κ1) is 19.2. The van der Waals surface area contributed by atoms with Crippen LogP contribution in [0.2, 0.25) is 0 Å². The highest BCUT2D eigenvalue weighted by Crippen LogP contribution is 2.13. The number of rotatable bonds is 3. The predicted octanol–water partition coefficient (Wildman–Crippen LogP) is 4.49. The molecule has 0 saturated heterocycles. The third-order valence-electron chi connectivity index (χ3n) is 2.45. The van der Waals surface area contributed by atoms with E-state index in [-0.39, 0.29) is 11.4 Å². The van der Waals surface area contributed by atoms with Gasteiger partial charge in [0.1, 0.15) is 0 Å². The summed E-state index contributed by atoms with van der Waals surface area (Å²) < 4.78 is 0.972. The Labute approximate surface area is 135 Å². The molecule has 0 spiro atoms. The molecule has 0 amide bonds. The highest BCUT2D eigenvalue weighted by atomic mass is 79.9. The van der Waals surface area contributed by atoms with E-state index in [4.69, 9.17) is 10.8 Å². The maximum Gasteiger partial charge on any atom is 0.0867 e. The van der Waals surface area contributed by atoms with Crippen LogP contribution in [-0.2, 0) is 0 Å². The first-order valence-corrected chi connectivity index (χ1v) is 7.54. The van der Waals surface area contributed by atoms with Crippen molar-refractivity contribution in [3.8, 4) is 0 Å². The Hall–Kier alpha value is -1.78. The average molecular weight is 348 g/mol. The molecule has 3 nitrogen and oxygen atoms in total. The van der Waals surface area contributed by atoms with Crippen molar-refractivity contribution in [2.75, 3.05) is 7.05 Å². The van der Waals surface area contributed by atoms with E-state index in [1.807, 2.05) is 68.4 Å². The second kappa shape index (κ2) is 10.9. The largest absolute Gasteiger partial charge is 0.333 e. The predicted molar refractivity (Wildman–Crippen MR) is 95.7 cm³/mol. The fourth-order valence-electron chi connectivity index (χ4n) is 1.51. The van der Waals surface area contributed by atoms with Crippen LogP contribution in [0.3, 0.4) is 0 Å². The van der Waals surface area contributed by atoms with E-state index in [9.17, 15) is 0 Å². The lowest BCUT2D eigenvalue weighted by Gasteiger charge is -2.06. The Morgan fingerprint density at radius 3 is 1.57 bits per heavy atom. The number of hydrogen-bond acceptors (Lipinski definition) is 3. The number of nitrogens with one attached hydrogen (secondary N) is 2. The topological polar surface area (TPSA) is 73.7 Å². The van der Waals surface area contributed by atoms with Gasteiger partial charge in [-0.1, -0.05) is 72.2 Å². The Morgan fingerprint density at radius 2 is 1.14 bits per heavy atom. The molecule has 112 valence electrons. The van der Waals surface area contributed by atoms with Crippen LogP contribution in [0.4, 0.5) is 0 Å². The maximum atomic E-state index is 8.00. The van der Waals surface area contributed by atoms with Crippen molar-refractivity contribution in [1.82, 2.24) is 0 Å². The van der Waals surface area contributed by atoms with Gasteiger partial charge in [-0.25, -0.2) is 0 Å². The summed E-state index contributed by atoms with van der Waals surface area (Å²) in [5.74, 6) is 0. The van der Waals surface area contributed by atoms with Gasteiger partial charge in [0.2, 0.25) is 0 Å². The van der Waals surface area contributed by atoms with Crippen LogP contribution in [0, 0.1) is 10.8 Å². The fourth-order valence-corrected chi connectivity index (χ4v) is 1.77. The molecule has 0 saturated carbocycles. The van der Waals surface area contributed by atoms with Crippen LogP contribution in [0.1, 0.15) is 25.0 Å². The van der Waals surface area contributed by atoms with Gasteiger partial charge in [0.15, 0.2) is 0 Å². The molecule has 0 aliphatic rings. The molecule has 4 heteroatoms. The van der Waals surface area contributed by atoms with Crippen LogP contribution in [-0.4, -0.2) is 18.5 Å². The molecule has 4 N–H and O–H groups in total. The van der Waals surface area contributed by atoms with Crippen LogP contribution >= 0.6 is 15.9 Å².